The Balaban J connectivity index is 1.55. The summed E-state index contributed by atoms with van der Waals surface area (Å²) in [7, 11) is -0.419. The van der Waals surface area contributed by atoms with E-state index >= 15 is 0 Å². The van der Waals surface area contributed by atoms with Crippen molar-refractivity contribution >= 4 is 13.1 Å². The van der Waals surface area contributed by atoms with Gasteiger partial charge < -0.3 is 19.8 Å². The van der Waals surface area contributed by atoms with Crippen LogP contribution in [0.2, 0.25) is 0 Å². The summed E-state index contributed by atoms with van der Waals surface area (Å²) < 4.78 is 17.8. The molecule has 136 valence electrons. The largest absolute Gasteiger partial charge is 0.475 e. The Bertz CT molecular complexity index is 518. The third-order valence-electron chi connectivity index (χ3n) is 6.42. The Hall–Kier alpha value is -0.585. The van der Waals surface area contributed by atoms with Gasteiger partial charge in [0.25, 0.3) is 0 Å². The van der Waals surface area contributed by atoms with Crippen LogP contribution in [0.25, 0.3) is 0 Å². The van der Waals surface area contributed by atoms with Crippen molar-refractivity contribution in [1.82, 2.24) is 0 Å². The topological polar surface area (TPSA) is 70.8 Å². The first-order valence-electron chi connectivity index (χ1n) is 9.24. The van der Waals surface area contributed by atoms with Crippen LogP contribution in [0.5, 0.6) is 0 Å². The minimum Gasteiger partial charge on any atom is -0.460 e. The van der Waals surface area contributed by atoms with Gasteiger partial charge in [0.1, 0.15) is 5.60 Å². The Morgan fingerprint density at radius 1 is 1.33 bits per heavy atom. The molecule has 1 unspecified atom stereocenters. The minimum absolute atomic E-state index is 0.131. The highest BCUT2D eigenvalue weighted by atomic mass is 16.7. The molecule has 0 amide bonds. The van der Waals surface area contributed by atoms with Crippen molar-refractivity contribution in [2.24, 2.45) is 23.0 Å². The quantitative estimate of drug-likeness (QED) is 0.631. The molecule has 6 heteroatoms. The third-order valence-corrected chi connectivity index (χ3v) is 6.42. The molecule has 0 spiro atoms. The van der Waals surface area contributed by atoms with Crippen molar-refractivity contribution in [1.29, 1.82) is 0 Å². The fraction of sp³-hybridized carbons (Fsp3) is 0.944. The zero-order valence-electron chi connectivity index (χ0n) is 15.9. The van der Waals surface area contributed by atoms with Crippen LogP contribution >= 0.6 is 0 Å². The van der Waals surface area contributed by atoms with E-state index in [0.717, 1.165) is 12.3 Å². The normalized spacial score (nSPS) is 38.3. The molecule has 5 nitrogen and oxygen atoms in total. The van der Waals surface area contributed by atoms with Gasteiger partial charge in [-0.25, -0.2) is 0 Å². The molecular formula is C18H32BNO4. The molecule has 0 aromatic heterocycles. The molecule has 4 fully saturated rings. The zero-order chi connectivity index (χ0) is 17.9. The Labute approximate surface area is 146 Å². The summed E-state index contributed by atoms with van der Waals surface area (Å²) in [4.78, 5) is 11.9. The van der Waals surface area contributed by atoms with Crippen LogP contribution in [-0.4, -0.2) is 36.3 Å². The summed E-state index contributed by atoms with van der Waals surface area (Å²) in [6, 6.07) is 0. The lowest BCUT2D eigenvalue weighted by atomic mass is 9.43. The molecule has 1 aliphatic heterocycles. The van der Waals surface area contributed by atoms with Gasteiger partial charge in [-0.3, -0.25) is 4.79 Å². The van der Waals surface area contributed by atoms with Crippen molar-refractivity contribution in [3.63, 3.8) is 0 Å². The van der Waals surface area contributed by atoms with Gasteiger partial charge in [0.2, 0.25) is 0 Å². The maximum atomic E-state index is 11.9. The van der Waals surface area contributed by atoms with Crippen molar-refractivity contribution in [3.8, 4) is 0 Å². The van der Waals surface area contributed by atoms with Crippen LogP contribution in [0, 0.1) is 17.3 Å². The van der Waals surface area contributed by atoms with Crippen LogP contribution in [0.4, 0.5) is 0 Å². The van der Waals surface area contributed by atoms with Gasteiger partial charge >= 0.3 is 13.1 Å². The van der Waals surface area contributed by atoms with E-state index in [0.29, 0.717) is 24.2 Å². The first-order valence-corrected chi connectivity index (χ1v) is 9.24. The average molecular weight is 337 g/mol. The van der Waals surface area contributed by atoms with Gasteiger partial charge in [0, 0.05) is 12.4 Å². The molecule has 0 radical (unpaired) electrons. The van der Waals surface area contributed by atoms with E-state index in [-0.39, 0.29) is 23.6 Å². The van der Waals surface area contributed by atoms with E-state index in [1.54, 1.807) is 0 Å². The molecule has 1 heterocycles. The maximum absolute atomic E-state index is 11.9. The number of carbonyl (C=O) groups is 1. The molecule has 2 bridgehead atoms. The summed E-state index contributed by atoms with van der Waals surface area (Å²) in [6.45, 7) is 12.5. The number of ether oxygens (including phenoxy) is 1. The second-order valence-corrected chi connectivity index (χ2v) is 9.63. The lowest BCUT2D eigenvalue weighted by Gasteiger charge is -2.64. The van der Waals surface area contributed by atoms with E-state index in [9.17, 15) is 4.79 Å². The average Bonchev–Trinajstić information content (AvgIpc) is 2.79. The molecule has 0 aromatic rings. The van der Waals surface area contributed by atoms with Gasteiger partial charge in [-0.15, -0.1) is 0 Å². The lowest BCUT2D eigenvalue weighted by molar-refractivity contribution is -0.199. The minimum atomic E-state index is -0.462. The number of hydrogen-bond acceptors (Lipinski definition) is 5. The fourth-order valence-corrected chi connectivity index (χ4v) is 4.90. The van der Waals surface area contributed by atoms with E-state index < -0.39 is 12.7 Å². The smallest absolute Gasteiger partial charge is 0.460 e. The van der Waals surface area contributed by atoms with Crippen molar-refractivity contribution in [2.75, 3.05) is 0 Å². The number of esters is 1. The van der Waals surface area contributed by atoms with Crippen LogP contribution in [-0.2, 0) is 18.8 Å². The standard InChI is InChI=1S/C18H32BNO4/c1-16(2,3)22-15(21)8-7-14(20)19-23-13-10-11-9-12(17(11,4)5)18(13,6)24-19/h11-14H,7-10,20H2,1-6H3/t11-,12-,13+,14?,18-/m0/s1. The SMILES string of the molecule is CC(C)(C)OC(=O)CCC(N)B1O[C@@H]2C[C@@H]3C[C@@H](C3(C)C)[C@]2(C)O1. The van der Waals surface area contributed by atoms with E-state index in [1.165, 1.54) is 6.42 Å². The number of carbonyl (C=O) groups excluding carboxylic acids is 1. The molecule has 3 saturated carbocycles. The van der Waals surface area contributed by atoms with Crippen molar-refractivity contribution < 1.29 is 18.8 Å². The Morgan fingerprint density at radius 3 is 2.58 bits per heavy atom. The highest BCUT2D eigenvalue weighted by Gasteiger charge is 2.68. The lowest BCUT2D eigenvalue weighted by Crippen LogP contribution is -2.65. The van der Waals surface area contributed by atoms with Crippen LogP contribution in [0.15, 0.2) is 0 Å². The summed E-state index contributed by atoms with van der Waals surface area (Å²) in [5, 5.41) is 0. The molecule has 4 aliphatic rings. The highest BCUT2D eigenvalue weighted by Crippen LogP contribution is 2.65. The maximum Gasteiger partial charge on any atom is 0.475 e. The van der Waals surface area contributed by atoms with E-state index in [1.807, 2.05) is 20.8 Å². The predicted octanol–water partition coefficient (Wildman–Crippen LogP) is 2.70. The fourth-order valence-electron chi connectivity index (χ4n) is 4.90. The molecule has 2 N–H and O–H groups in total. The molecule has 4 rings (SSSR count). The summed E-state index contributed by atoms with van der Waals surface area (Å²) in [5.74, 6) is 0.723. The second-order valence-electron chi connectivity index (χ2n) is 9.63. The first-order chi connectivity index (χ1) is 10.9. The van der Waals surface area contributed by atoms with Gasteiger partial charge in [-0.2, -0.15) is 0 Å². The number of hydrogen-bond donors (Lipinski definition) is 1. The number of nitrogens with two attached hydrogens (primary N) is 1. The second kappa shape index (κ2) is 5.71. The highest BCUT2D eigenvalue weighted by molar-refractivity contribution is 6.47. The Kier molecular flexibility index (Phi) is 4.34. The Morgan fingerprint density at radius 2 is 2.00 bits per heavy atom. The molecule has 0 aromatic carbocycles. The summed E-state index contributed by atoms with van der Waals surface area (Å²) in [5.41, 5.74) is 5.89. The monoisotopic (exact) mass is 337 g/mol. The molecule has 1 saturated heterocycles. The molecule has 3 aliphatic carbocycles. The molecular weight excluding hydrogens is 305 g/mol. The van der Waals surface area contributed by atoms with Crippen molar-refractivity contribution in [3.05, 3.63) is 0 Å². The predicted molar refractivity (Wildman–Crippen MR) is 93.2 cm³/mol. The van der Waals surface area contributed by atoms with Crippen LogP contribution in [0.3, 0.4) is 0 Å². The van der Waals surface area contributed by atoms with Crippen molar-refractivity contribution in [2.45, 2.75) is 90.5 Å². The van der Waals surface area contributed by atoms with E-state index in [2.05, 4.69) is 20.8 Å². The van der Waals surface area contributed by atoms with Gasteiger partial charge in [-0.05, 0) is 64.2 Å². The molecule has 24 heavy (non-hydrogen) atoms. The van der Waals surface area contributed by atoms with Gasteiger partial charge in [-0.1, -0.05) is 13.8 Å². The van der Waals surface area contributed by atoms with Gasteiger partial charge in [0.15, 0.2) is 0 Å². The van der Waals surface area contributed by atoms with Gasteiger partial charge in [0.05, 0.1) is 11.7 Å². The first kappa shape index (κ1) is 18.2. The summed E-state index contributed by atoms with van der Waals surface area (Å²) >= 11 is 0. The summed E-state index contributed by atoms with van der Waals surface area (Å²) in [6.07, 6.45) is 3.21. The van der Waals surface area contributed by atoms with Crippen LogP contribution < -0.4 is 5.73 Å². The third kappa shape index (κ3) is 3.01. The van der Waals surface area contributed by atoms with Crippen LogP contribution in [0.1, 0.15) is 67.2 Å². The van der Waals surface area contributed by atoms with E-state index in [4.69, 9.17) is 19.8 Å². The zero-order valence-corrected chi connectivity index (χ0v) is 15.9. The molecule has 5 atom stereocenters. The number of rotatable bonds is 4.